The average Bonchev–Trinajstić information content (AvgIpc) is 3.42. The highest BCUT2D eigenvalue weighted by Crippen LogP contribution is 2.37. The van der Waals surface area contributed by atoms with Crippen molar-refractivity contribution in [2.24, 2.45) is 5.10 Å². The minimum Gasteiger partial charge on any atom is -0.371 e. The molecule has 0 bridgehead atoms. The van der Waals surface area contributed by atoms with Gasteiger partial charge in [-0.25, -0.2) is 5.43 Å². The van der Waals surface area contributed by atoms with Gasteiger partial charge in [-0.3, -0.25) is 14.9 Å². The second kappa shape index (κ2) is 12.2. The van der Waals surface area contributed by atoms with Crippen LogP contribution in [0.1, 0.15) is 44.1 Å². The summed E-state index contributed by atoms with van der Waals surface area (Å²) in [6, 6.07) is 10.6. The fourth-order valence-corrected chi connectivity index (χ4v) is 5.25. The van der Waals surface area contributed by atoms with Crippen LogP contribution in [-0.2, 0) is 11.3 Å². The van der Waals surface area contributed by atoms with E-state index in [2.05, 4.69) is 35.7 Å². The third kappa shape index (κ3) is 6.33. The van der Waals surface area contributed by atoms with Gasteiger partial charge in [0.2, 0.25) is 5.82 Å². The topological polar surface area (TPSA) is 135 Å². The van der Waals surface area contributed by atoms with Crippen molar-refractivity contribution in [2.45, 2.75) is 45.1 Å². The SMILES string of the molecule is O=C(Cn1nnc(-c2ccccc2Cl)n1)N/N=C/c1cc([N+](=O)[O-])c(N2CCCCC2)cc1N1CCCCC1. The Morgan fingerprint density at radius 1 is 1.03 bits per heavy atom. The Morgan fingerprint density at radius 3 is 2.36 bits per heavy atom. The molecule has 0 saturated carbocycles. The summed E-state index contributed by atoms with van der Waals surface area (Å²) in [5.41, 5.74) is 5.26. The van der Waals surface area contributed by atoms with Crippen molar-refractivity contribution in [3.63, 3.8) is 0 Å². The molecular formula is C26H30ClN9O3. The molecule has 2 aliphatic rings. The molecule has 1 amide bonds. The molecule has 3 aromatic rings. The minimum atomic E-state index is -0.465. The highest BCUT2D eigenvalue weighted by atomic mass is 35.5. The van der Waals surface area contributed by atoms with E-state index < -0.39 is 5.91 Å². The first-order chi connectivity index (χ1) is 19.0. The van der Waals surface area contributed by atoms with Gasteiger partial charge < -0.3 is 9.80 Å². The van der Waals surface area contributed by atoms with E-state index in [0.29, 0.717) is 27.7 Å². The Balaban J connectivity index is 1.34. The Labute approximate surface area is 230 Å². The van der Waals surface area contributed by atoms with Crippen LogP contribution in [0.15, 0.2) is 41.5 Å². The van der Waals surface area contributed by atoms with Crippen LogP contribution in [-0.4, -0.2) is 63.4 Å². The lowest BCUT2D eigenvalue weighted by Crippen LogP contribution is -2.32. The lowest BCUT2D eigenvalue weighted by Gasteiger charge is -2.33. The number of benzene rings is 2. The van der Waals surface area contributed by atoms with Crippen LogP contribution in [0.2, 0.25) is 5.02 Å². The molecule has 12 nitrogen and oxygen atoms in total. The maximum absolute atomic E-state index is 12.5. The second-order valence-electron chi connectivity index (χ2n) is 9.67. The lowest BCUT2D eigenvalue weighted by molar-refractivity contribution is -0.384. The van der Waals surface area contributed by atoms with E-state index in [9.17, 15) is 14.9 Å². The number of hydrazone groups is 1. The first kappa shape index (κ1) is 26.5. The molecule has 39 heavy (non-hydrogen) atoms. The number of nitrogens with zero attached hydrogens (tertiary/aromatic N) is 8. The number of hydrogen-bond donors (Lipinski definition) is 1. The van der Waals surface area contributed by atoms with Gasteiger partial charge in [-0.1, -0.05) is 23.7 Å². The van der Waals surface area contributed by atoms with E-state index in [1.54, 1.807) is 24.3 Å². The van der Waals surface area contributed by atoms with Gasteiger partial charge in [-0.15, -0.1) is 10.2 Å². The van der Waals surface area contributed by atoms with Gasteiger partial charge >= 0.3 is 0 Å². The molecule has 13 heteroatoms. The third-order valence-electron chi connectivity index (χ3n) is 6.96. The zero-order valence-electron chi connectivity index (χ0n) is 21.5. The van der Waals surface area contributed by atoms with Gasteiger partial charge in [0.25, 0.3) is 11.6 Å². The zero-order chi connectivity index (χ0) is 27.2. The smallest absolute Gasteiger partial charge is 0.293 e. The van der Waals surface area contributed by atoms with E-state index in [-0.39, 0.29) is 17.2 Å². The van der Waals surface area contributed by atoms with Gasteiger partial charge in [0.1, 0.15) is 12.2 Å². The van der Waals surface area contributed by atoms with E-state index in [1.165, 1.54) is 6.21 Å². The average molecular weight is 552 g/mol. The molecule has 2 aromatic carbocycles. The highest BCUT2D eigenvalue weighted by Gasteiger charge is 2.26. The number of nitrogens with one attached hydrogen (secondary N) is 1. The van der Waals surface area contributed by atoms with E-state index in [0.717, 1.165) is 75.2 Å². The standard InChI is InChI=1S/C26H30ClN9O3/c27-21-10-4-3-9-20(21)26-30-32-35(31-26)18-25(37)29-28-17-19-15-24(36(38)39)23(34-13-7-2-8-14-34)16-22(19)33-11-5-1-6-12-33/h3-4,9-10,15-17H,1-2,5-8,11-14,18H2,(H,29,37)/b28-17+. The molecule has 2 fully saturated rings. The number of anilines is 2. The number of halogens is 1. The fourth-order valence-electron chi connectivity index (χ4n) is 5.03. The number of tetrazole rings is 1. The molecule has 3 heterocycles. The van der Waals surface area contributed by atoms with Crippen molar-refractivity contribution < 1.29 is 9.72 Å². The largest absolute Gasteiger partial charge is 0.371 e. The molecular weight excluding hydrogens is 522 g/mol. The van der Waals surface area contributed by atoms with E-state index in [4.69, 9.17) is 11.6 Å². The van der Waals surface area contributed by atoms with Crippen LogP contribution >= 0.6 is 11.6 Å². The molecule has 0 unspecified atom stereocenters. The fraction of sp³-hybridized carbons (Fsp3) is 0.423. The van der Waals surface area contributed by atoms with Gasteiger partial charge in [-0.2, -0.15) is 9.90 Å². The van der Waals surface area contributed by atoms with Crippen LogP contribution in [0.4, 0.5) is 17.1 Å². The van der Waals surface area contributed by atoms with Crippen molar-refractivity contribution in [2.75, 3.05) is 36.0 Å². The summed E-state index contributed by atoms with van der Waals surface area (Å²) < 4.78 is 0. The highest BCUT2D eigenvalue weighted by molar-refractivity contribution is 6.33. The molecule has 0 atom stereocenters. The number of amides is 1. The molecule has 2 aliphatic heterocycles. The quantitative estimate of drug-likeness (QED) is 0.252. The number of carbonyl (C=O) groups excluding carboxylic acids is 1. The van der Waals surface area contributed by atoms with Crippen molar-refractivity contribution in [3.8, 4) is 11.4 Å². The monoisotopic (exact) mass is 551 g/mol. The van der Waals surface area contributed by atoms with E-state index in [1.807, 2.05) is 12.1 Å². The Hall–Kier alpha value is -4.06. The Morgan fingerprint density at radius 2 is 1.69 bits per heavy atom. The molecule has 5 rings (SSSR count). The first-order valence-electron chi connectivity index (χ1n) is 13.2. The predicted octanol–water partition coefficient (Wildman–Crippen LogP) is 4.03. The summed E-state index contributed by atoms with van der Waals surface area (Å²) in [7, 11) is 0. The summed E-state index contributed by atoms with van der Waals surface area (Å²) in [4.78, 5) is 29.7. The lowest BCUT2D eigenvalue weighted by atomic mass is 10.0. The van der Waals surface area contributed by atoms with Gasteiger partial charge in [0.05, 0.1) is 16.2 Å². The first-order valence-corrected chi connectivity index (χ1v) is 13.5. The number of nitro benzene ring substituents is 1. The molecule has 0 radical (unpaired) electrons. The number of rotatable bonds is 8. The Bertz CT molecular complexity index is 1360. The van der Waals surface area contributed by atoms with Crippen molar-refractivity contribution in [3.05, 3.63) is 57.1 Å². The van der Waals surface area contributed by atoms with Gasteiger partial charge in [0, 0.05) is 49.1 Å². The molecule has 0 aliphatic carbocycles. The summed E-state index contributed by atoms with van der Waals surface area (Å²) >= 11 is 6.19. The summed E-state index contributed by atoms with van der Waals surface area (Å²) in [6.45, 7) is 3.14. The van der Waals surface area contributed by atoms with E-state index >= 15 is 0 Å². The van der Waals surface area contributed by atoms with Crippen LogP contribution in [0.5, 0.6) is 0 Å². The maximum Gasteiger partial charge on any atom is 0.293 e. The molecule has 1 aromatic heterocycles. The molecule has 2 saturated heterocycles. The van der Waals surface area contributed by atoms with Crippen molar-refractivity contribution in [1.82, 2.24) is 25.6 Å². The second-order valence-corrected chi connectivity index (χ2v) is 10.1. The van der Waals surface area contributed by atoms with Crippen molar-refractivity contribution >= 4 is 40.8 Å². The third-order valence-corrected chi connectivity index (χ3v) is 7.29. The summed E-state index contributed by atoms with van der Waals surface area (Å²) in [5.74, 6) is -0.155. The zero-order valence-corrected chi connectivity index (χ0v) is 22.3. The number of aromatic nitrogens is 4. The van der Waals surface area contributed by atoms with Gasteiger partial charge in [-0.05, 0) is 61.9 Å². The molecule has 1 N–H and O–H groups in total. The number of hydrogen-bond acceptors (Lipinski definition) is 9. The van der Waals surface area contributed by atoms with Gasteiger partial charge in [0.15, 0.2) is 0 Å². The molecule has 204 valence electrons. The van der Waals surface area contributed by atoms with Crippen LogP contribution in [0.25, 0.3) is 11.4 Å². The molecule has 0 spiro atoms. The predicted molar refractivity (Wildman–Crippen MR) is 149 cm³/mol. The number of piperidine rings is 2. The van der Waals surface area contributed by atoms with Crippen LogP contribution in [0, 0.1) is 10.1 Å². The van der Waals surface area contributed by atoms with Crippen LogP contribution < -0.4 is 15.2 Å². The number of carbonyl (C=O) groups is 1. The van der Waals surface area contributed by atoms with Crippen molar-refractivity contribution in [1.29, 1.82) is 0 Å². The maximum atomic E-state index is 12.5. The Kier molecular flexibility index (Phi) is 8.30. The number of nitro groups is 1. The minimum absolute atomic E-state index is 0.0457. The summed E-state index contributed by atoms with van der Waals surface area (Å²) in [5, 5.41) is 28.7. The summed E-state index contributed by atoms with van der Waals surface area (Å²) in [6.07, 6.45) is 7.93. The normalized spacial score (nSPS) is 16.0. The van der Waals surface area contributed by atoms with Crippen LogP contribution in [0.3, 0.4) is 0 Å².